The van der Waals surface area contributed by atoms with Gasteiger partial charge in [-0.2, -0.15) is 0 Å². The SMILES string of the molecule is CCC1=C(c2ccc(CC)c(CC)c2)[N+](=[N-])C(c2ccc(CC)c(CC)c2)=C1.CCCCCCCCCCCC(=O)c1c(CCCC)ccc2c([O-])c([O-])ccc12.[Ni]. The number of unbranched alkanes of at least 4 members (excludes halogenated alkanes) is 9. The molecule has 0 bridgehead atoms. The zero-order valence-corrected chi connectivity index (χ0v) is 37.5. The molecule has 316 valence electrons. The van der Waals surface area contributed by atoms with Crippen LogP contribution in [0.25, 0.3) is 27.7 Å². The normalized spacial score (nSPS) is 12.4. The summed E-state index contributed by atoms with van der Waals surface area (Å²) in [5.74, 6) is -0.888. The monoisotopic (exact) mass is 826 g/mol. The van der Waals surface area contributed by atoms with Crippen LogP contribution in [0, 0.1) is 0 Å². The van der Waals surface area contributed by atoms with Crippen molar-refractivity contribution in [2.24, 2.45) is 0 Å². The first-order valence-electron chi connectivity index (χ1n) is 22.3. The van der Waals surface area contributed by atoms with Gasteiger partial charge >= 0.3 is 0 Å². The Hall–Kier alpha value is -4.02. The smallest absolute Gasteiger partial charge is 0.210 e. The van der Waals surface area contributed by atoms with Gasteiger partial charge in [0.1, 0.15) is 0 Å². The molecule has 4 aromatic rings. The molecule has 58 heavy (non-hydrogen) atoms. The maximum atomic E-state index is 13.1. The van der Waals surface area contributed by atoms with E-state index in [9.17, 15) is 20.5 Å². The fourth-order valence-electron chi connectivity index (χ4n) is 8.27. The summed E-state index contributed by atoms with van der Waals surface area (Å²) in [5, 5.41) is 25.0. The van der Waals surface area contributed by atoms with Gasteiger partial charge in [-0.1, -0.05) is 143 Å². The van der Waals surface area contributed by atoms with Gasteiger partial charge in [-0.15, -0.1) is 11.5 Å². The van der Waals surface area contributed by atoms with E-state index in [1.807, 2.05) is 6.07 Å². The molecule has 0 unspecified atom stereocenters. The van der Waals surface area contributed by atoms with Gasteiger partial charge in [-0.25, -0.2) is 4.70 Å². The van der Waals surface area contributed by atoms with Crippen molar-refractivity contribution in [2.45, 2.75) is 164 Å². The Labute approximate surface area is 360 Å². The van der Waals surface area contributed by atoms with E-state index in [0.717, 1.165) is 92.3 Å². The molecule has 0 amide bonds. The Balaban J connectivity index is 0.000000305. The van der Waals surface area contributed by atoms with E-state index < -0.39 is 11.5 Å². The number of carbonyl (C=O) groups is 1. The van der Waals surface area contributed by atoms with Crippen molar-refractivity contribution >= 4 is 27.9 Å². The molecule has 6 heteroatoms. The molecule has 0 aliphatic carbocycles. The molecule has 0 N–H and O–H groups in total. The fourth-order valence-corrected chi connectivity index (χ4v) is 8.27. The molecular weight excluding hydrogens is 759 g/mol. The van der Waals surface area contributed by atoms with Crippen LogP contribution in [0.1, 0.15) is 181 Å². The Kier molecular flexibility index (Phi) is 20.7. The predicted molar refractivity (Wildman–Crippen MR) is 237 cm³/mol. The predicted octanol–water partition coefficient (Wildman–Crippen LogP) is 13.6. The summed E-state index contributed by atoms with van der Waals surface area (Å²) < 4.78 is 1.40. The molecule has 0 aromatic heterocycles. The minimum atomic E-state index is -0.504. The minimum Gasteiger partial charge on any atom is -0.873 e. The summed E-state index contributed by atoms with van der Waals surface area (Å²) >= 11 is 0. The van der Waals surface area contributed by atoms with Crippen molar-refractivity contribution in [3.05, 3.63) is 122 Å². The van der Waals surface area contributed by atoms with Crippen LogP contribution in [0.2, 0.25) is 0 Å². The van der Waals surface area contributed by atoms with E-state index in [2.05, 4.69) is 90.9 Å². The summed E-state index contributed by atoms with van der Waals surface area (Å²) in [6.07, 6.45) is 21.5. The number of ketones is 1. The maximum Gasteiger partial charge on any atom is 0.210 e. The summed E-state index contributed by atoms with van der Waals surface area (Å²) in [6.45, 7) is 15.3. The molecule has 5 rings (SSSR count). The molecule has 0 saturated carbocycles. The summed E-state index contributed by atoms with van der Waals surface area (Å²) in [7, 11) is 0. The van der Waals surface area contributed by atoms with Gasteiger partial charge in [0.2, 0.25) is 11.4 Å². The molecule has 0 saturated heterocycles. The second kappa shape index (κ2) is 24.8. The number of aryl methyl sites for hydroxylation is 5. The summed E-state index contributed by atoms with van der Waals surface area (Å²) in [5.41, 5.74) is 23.5. The zero-order valence-electron chi connectivity index (χ0n) is 36.5. The van der Waals surface area contributed by atoms with Gasteiger partial charge in [0.15, 0.2) is 5.78 Å². The van der Waals surface area contributed by atoms with Gasteiger partial charge < -0.3 is 15.7 Å². The molecule has 0 atom stereocenters. The van der Waals surface area contributed by atoms with Crippen molar-refractivity contribution in [1.29, 1.82) is 0 Å². The number of hydrogen-bond donors (Lipinski definition) is 0. The van der Waals surface area contributed by atoms with Gasteiger partial charge in [-0.3, -0.25) is 4.79 Å². The summed E-state index contributed by atoms with van der Waals surface area (Å²) in [6, 6.07) is 19.8. The average Bonchev–Trinajstić information content (AvgIpc) is 3.58. The van der Waals surface area contributed by atoms with Crippen LogP contribution in [0.3, 0.4) is 0 Å². The third-order valence-corrected chi connectivity index (χ3v) is 11.7. The maximum absolute atomic E-state index is 13.1. The number of nitrogens with zero attached hydrogens (tertiary/aromatic N) is 2. The molecule has 5 nitrogen and oxygen atoms in total. The van der Waals surface area contributed by atoms with Crippen LogP contribution >= 0.6 is 0 Å². The van der Waals surface area contributed by atoms with E-state index in [0.29, 0.717) is 22.8 Å². The minimum absolute atomic E-state index is 0. The van der Waals surface area contributed by atoms with Crippen LogP contribution in [0.15, 0.2) is 72.3 Å². The topological polar surface area (TPSA) is 88.5 Å². The van der Waals surface area contributed by atoms with E-state index in [1.54, 1.807) is 12.1 Å². The Bertz CT molecular complexity index is 2040. The van der Waals surface area contributed by atoms with Crippen LogP contribution in [0.5, 0.6) is 11.5 Å². The van der Waals surface area contributed by atoms with Crippen molar-refractivity contribution in [3.8, 4) is 11.5 Å². The molecule has 1 aliphatic rings. The zero-order chi connectivity index (χ0) is 41.3. The van der Waals surface area contributed by atoms with Gasteiger partial charge in [-0.05, 0) is 114 Å². The number of rotatable bonds is 21. The van der Waals surface area contributed by atoms with Gasteiger partial charge in [0, 0.05) is 51.3 Å². The number of Topliss-reactive ketones (excluding diaryl/α,β-unsaturated/α-hetero) is 1. The van der Waals surface area contributed by atoms with E-state index in [4.69, 9.17) is 0 Å². The Morgan fingerprint density at radius 3 is 1.66 bits per heavy atom. The van der Waals surface area contributed by atoms with Crippen LogP contribution in [0.4, 0.5) is 0 Å². The van der Waals surface area contributed by atoms with Crippen molar-refractivity contribution < 1.29 is 36.2 Å². The van der Waals surface area contributed by atoms with Gasteiger partial charge in [0.05, 0.1) is 0 Å². The first-order valence-corrected chi connectivity index (χ1v) is 22.3. The van der Waals surface area contributed by atoms with Crippen molar-refractivity contribution in [1.82, 2.24) is 0 Å². The van der Waals surface area contributed by atoms with Crippen LogP contribution < -0.4 is 10.2 Å². The number of allylic oxidation sites excluding steroid dienone is 2. The second-order valence-electron chi connectivity index (χ2n) is 15.6. The molecular formula is C52H68N2NiO3-2. The number of benzene rings is 4. The number of fused-ring (bicyclic) bond motifs is 1. The number of hydrogen-bond acceptors (Lipinski definition) is 3. The standard InChI is InChI=1S/C26H32N2.C26H38O3.Ni/c1-6-18-11-13-23(15-20(18)8-3)25-17-22(10-5)26(28(25)27)24-14-12-19(7-2)21(9-4)16-24;1-3-5-7-8-9-10-11-12-13-15-23(27)25-20(14-6-4-2)16-17-22-21(25)18-19-24(28)26(22)29;/h11-17H,6-10H2,1-5H3;16-19,28-29H,3-15H2,1-2H3;/p-2. The first kappa shape index (κ1) is 48.4. The van der Waals surface area contributed by atoms with Crippen LogP contribution in [-0.4, -0.2) is 10.5 Å². The molecule has 1 aliphatic heterocycles. The van der Waals surface area contributed by atoms with Gasteiger partial charge in [0.25, 0.3) is 0 Å². The Morgan fingerprint density at radius 2 is 1.09 bits per heavy atom. The molecule has 0 radical (unpaired) electrons. The third kappa shape index (κ3) is 12.3. The van der Waals surface area contributed by atoms with E-state index in [1.165, 1.54) is 83.5 Å². The molecule has 1 heterocycles. The summed E-state index contributed by atoms with van der Waals surface area (Å²) in [4.78, 5) is 13.1. The average molecular weight is 828 g/mol. The molecule has 4 aromatic carbocycles. The van der Waals surface area contributed by atoms with Crippen molar-refractivity contribution in [3.63, 3.8) is 0 Å². The first-order chi connectivity index (χ1) is 27.7. The number of carbonyl (C=O) groups excluding carboxylic acids is 1. The third-order valence-electron chi connectivity index (χ3n) is 11.7. The molecule has 0 fully saturated rings. The second-order valence-corrected chi connectivity index (χ2v) is 15.6. The Morgan fingerprint density at radius 1 is 0.569 bits per heavy atom. The van der Waals surface area contributed by atoms with E-state index >= 15 is 0 Å². The largest absolute Gasteiger partial charge is 0.873 e. The van der Waals surface area contributed by atoms with Crippen LogP contribution in [-0.2, 0) is 48.6 Å². The fraction of sp³-hybridized carbons (Fsp3) is 0.481. The quantitative estimate of drug-likeness (QED) is 0.0363. The molecule has 0 spiro atoms. The van der Waals surface area contributed by atoms with Crippen molar-refractivity contribution in [2.75, 3.05) is 0 Å². The van der Waals surface area contributed by atoms with E-state index in [-0.39, 0.29) is 22.3 Å².